The van der Waals surface area contributed by atoms with Crippen molar-refractivity contribution >= 4 is 11.8 Å². The van der Waals surface area contributed by atoms with Gasteiger partial charge >= 0.3 is 0 Å². The van der Waals surface area contributed by atoms with Crippen LogP contribution in [0.2, 0.25) is 0 Å². The average Bonchev–Trinajstić information content (AvgIpc) is 3.32. The number of nitrogens with zero attached hydrogens (tertiary/aromatic N) is 3. The van der Waals surface area contributed by atoms with E-state index in [2.05, 4.69) is 11.0 Å². The molecule has 0 bridgehead atoms. The van der Waals surface area contributed by atoms with Crippen molar-refractivity contribution in [2.75, 3.05) is 26.2 Å². The lowest BCUT2D eigenvalue weighted by Crippen LogP contribution is -2.57. The third-order valence-corrected chi connectivity index (χ3v) is 7.90. The van der Waals surface area contributed by atoms with Gasteiger partial charge in [0, 0.05) is 19.1 Å². The first-order valence-electron chi connectivity index (χ1n) is 10.8. The zero-order chi connectivity index (χ0) is 19.1. The lowest BCUT2D eigenvalue weighted by atomic mass is 9.57. The van der Waals surface area contributed by atoms with Crippen LogP contribution in [-0.4, -0.2) is 53.8 Å². The smallest absolute Gasteiger partial charge is 0.226 e. The second-order valence-corrected chi connectivity index (χ2v) is 9.13. The van der Waals surface area contributed by atoms with Gasteiger partial charge in [-0.3, -0.25) is 9.59 Å². The Balaban J connectivity index is 1.50. The molecule has 0 aromatic rings. The molecule has 2 N–H and O–H groups in total. The van der Waals surface area contributed by atoms with Crippen LogP contribution in [0, 0.1) is 28.1 Å². The van der Waals surface area contributed by atoms with Gasteiger partial charge in [-0.1, -0.05) is 12.8 Å². The fourth-order valence-electron chi connectivity index (χ4n) is 6.17. The zero-order valence-corrected chi connectivity index (χ0v) is 16.3. The van der Waals surface area contributed by atoms with Crippen LogP contribution in [0.1, 0.15) is 64.2 Å². The summed E-state index contributed by atoms with van der Waals surface area (Å²) in [6.45, 7) is 3.92. The number of likely N-dealkylation sites (tertiary alicyclic amines) is 2. The number of piperidine rings is 1. The molecule has 27 heavy (non-hydrogen) atoms. The van der Waals surface area contributed by atoms with Crippen LogP contribution < -0.4 is 5.73 Å². The summed E-state index contributed by atoms with van der Waals surface area (Å²) in [6, 6.07) is 2.99. The van der Waals surface area contributed by atoms with E-state index in [1.807, 2.05) is 4.90 Å². The molecular weight excluding hydrogens is 340 g/mol. The van der Waals surface area contributed by atoms with Crippen LogP contribution in [0.3, 0.4) is 0 Å². The number of rotatable bonds is 4. The van der Waals surface area contributed by atoms with Crippen molar-refractivity contribution in [3.05, 3.63) is 0 Å². The van der Waals surface area contributed by atoms with Gasteiger partial charge in [0.2, 0.25) is 11.8 Å². The molecule has 2 atom stereocenters. The van der Waals surface area contributed by atoms with Crippen LogP contribution in [0.5, 0.6) is 0 Å². The minimum atomic E-state index is -0.955. The van der Waals surface area contributed by atoms with Crippen molar-refractivity contribution in [1.29, 1.82) is 5.26 Å². The Morgan fingerprint density at radius 2 is 1.59 bits per heavy atom. The third-order valence-electron chi connectivity index (χ3n) is 7.90. The van der Waals surface area contributed by atoms with E-state index in [1.54, 1.807) is 0 Å². The molecule has 4 rings (SSSR count). The zero-order valence-electron chi connectivity index (χ0n) is 16.3. The van der Waals surface area contributed by atoms with E-state index in [9.17, 15) is 14.9 Å². The van der Waals surface area contributed by atoms with Crippen molar-refractivity contribution in [3.63, 3.8) is 0 Å². The van der Waals surface area contributed by atoms with E-state index in [0.717, 1.165) is 38.8 Å². The van der Waals surface area contributed by atoms with Gasteiger partial charge in [0.15, 0.2) is 0 Å². The second-order valence-electron chi connectivity index (χ2n) is 9.13. The summed E-state index contributed by atoms with van der Waals surface area (Å²) in [5, 5.41) is 9.80. The summed E-state index contributed by atoms with van der Waals surface area (Å²) < 4.78 is 0. The molecule has 2 unspecified atom stereocenters. The quantitative estimate of drug-likeness (QED) is 0.817. The van der Waals surface area contributed by atoms with Crippen molar-refractivity contribution in [2.45, 2.75) is 70.3 Å². The molecule has 2 saturated carbocycles. The molecule has 2 aliphatic heterocycles. The Labute approximate surface area is 162 Å². The maximum absolute atomic E-state index is 13.5. The molecule has 0 aromatic heterocycles. The predicted molar refractivity (Wildman–Crippen MR) is 101 cm³/mol. The molecule has 2 aliphatic carbocycles. The standard InChI is InChI=1S/C21H32N4O2/c22-15-20(9-10-20)21(19(23)27)8-2-1-5-17(21)18(26)25-13-6-16(7-14-25)24-11-3-4-12-24/h16-17H,1-14H2,(H2,23,27). The monoisotopic (exact) mass is 372 g/mol. The molecule has 0 spiro atoms. The minimum Gasteiger partial charge on any atom is -0.369 e. The van der Waals surface area contributed by atoms with E-state index in [1.165, 1.54) is 25.9 Å². The van der Waals surface area contributed by atoms with Crippen LogP contribution in [0.25, 0.3) is 0 Å². The molecular formula is C21H32N4O2. The number of carbonyl (C=O) groups is 2. The van der Waals surface area contributed by atoms with Gasteiger partial charge in [0.05, 0.1) is 22.8 Å². The van der Waals surface area contributed by atoms with Gasteiger partial charge in [-0.15, -0.1) is 0 Å². The number of nitriles is 1. The van der Waals surface area contributed by atoms with E-state index in [0.29, 0.717) is 31.7 Å². The highest BCUT2D eigenvalue weighted by atomic mass is 16.2. The lowest BCUT2D eigenvalue weighted by Gasteiger charge is -2.47. The summed E-state index contributed by atoms with van der Waals surface area (Å²) in [7, 11) is 0. The van der Waals surface area contributed by atoms with E-state index >= 15 is 0 Å². The Morgan fingerprint density at radius 3 is 2.15 bits per heavy atom. The van der Waals surface area contributed by atoms with E-state index < -0.39 is 22.7 Å². The highest BCUT2D eigenvalue weighted by Gasteiger charge is 2.68. The van der Waals surface area contributed by atoms with Gasteiger partial charge in [-0.25, -0.2) is 0 Å². The van der Waals surface area contributed by atoms with Crippen LogP contribution >= 0.6 is 0 Å². The number of amides is 2. The molecule has 2 amide bonds. The molecule has 0 radical (unpaired) electrons. The number of nitrogens with two attached hydrogens (primary N) is 1. The average molecular weight is 373 g/mol. The topological polar surface area (TPSA) is 90.4 Å². The van der Waals surface area contributed by atoms with Gasteiger partial charge in [-0.05, 0) is 64.5 Å². The predicted octanol–water partition coefficient (Wildman–Crippen LogP) is 2.04. The fourth-order valence-corrected chi connectivity index (χ4v) is 6.17. The third kappa shape index (κ3) is 2.95. The van der Waals surface area contributed by atoms with Crippen LogP contribution in [0.4, 0.5) is 0 Å². The second kappa shape index (κ2) is 7.09. The maximum Gasteiger partial charge on any atom is 0.226 e. The fraction of sp³-hybridized carbons (Fsp3) is 0.857. The summed E-state index contributed by atoms with van der Waals surface area (Å²) in [4.78, 5) is 30.7. The normalized spacial score (nSPS) is 34.2. The van der Waals surface area contributed by atoms with Gasteiger partial charge in [-0.2, -0.15) is 5.26 Å². The number of primary amides is 1. The van der Waals surface area contributed by atoms with Crippen LogP contribution in [0.15, 0.2) is 0 Å². The molecule has 6 heteroatoms. The molecule has 2 heterocycles. The largest absolute Gasteiger partial charge is 0.369 e. The first-order chi connectivity index (χ1) is 13.0. The SMILES string of the molecule is N#CC1(C2(C(N)=O)CCCCC2C(=O)N2CCC(N3CCCC3)CC2)CC1. The van der Waals surface area contributed by atoms with Gasteiger partial charge in [0.25, 0.3) is 0 Å². The summed E-state index contributed by atoms with van der Waals surface area (Å²) >= 11 is 0. The summed E-state index contributed by atoms with van der Waals surface area (Å²) in [5.74, 6) is -0.754. The summed E-state index contributed by atoms with van der Waals surface area (Å²) in [6.07, 6.45) is 9.13. The van der Waals surface area contributed by atoms with Gasteiger partial charge in [0.1, 0.15) is 0 Å². The maximum atomic E-state index is 13.5. The van der Waals surface area contributed by atoms with E-state index in [4.69, 9.17) is 5.73 Å². The highest BCUT2D eigenvalue weighted by molar-refractivity contribution is 5.91. The van der Waals surface area contributed by atoms with Crippen molar-refractivity contribution in [3.8, 4) is 6.07 Å². The minimum absolute atomic E-state index is 0.0786. The van der Waals surface area contributed by atoms with Crippen molar-refractivity contribution in [2.24, 2.45) is 22.5 Å². The van der Waals surface area contributed by atoms with Gasteiger partial charge < -0.3 is 15.5 Å². The highest BCUT2D eigenvalue weighted by Crippen LogP contribution is 2.65. The Hall–Kier alpha value is -1.61. The first kappa shape index (κ1) is 18.7. The Morgan fingerprint density at radius 1 is 0.926 bits per heavy atom. The Kier molecular flexibility index (Phi) is 4.92. The molecule has 148 valence electrons. The van der Waals surface area contributed by atoms with Crippen molar-refractivity contribution in [1.82, 2.24) is 9.80 Å². The Bertz CT molecular complexity index is 639. The van der Waals surface area contributed by atoms with Crippen molar-refractivity contribution < 1.29 is 9.59 Å². The number of hydrogen-bond acceptors (Lipinski definition) is 4. The summed E-state index contributed by atoms with van der Waals surface area (Å²) in [5.41, 5.74) is 4.24. The lowest BCUT2D eigenvalue weighted by molar-refractivity contribution is -0.155. The molecule has 2 saturated heterocycles. The molecule has 6 nitrogen and oxygen atoms in total. The molecule has 4 fully saturated rings. The number of carbonyl (C=O) groups excluding carboxylic acids is 2. The molecule has 4 aliphatic rings. The number of hydrogen-bond donors (Lipinski definition) is 1. The molecule has 0 aromatic carbocycles. The van der Waals surface area contributed by atoms with Crippen LogP contribution in [-0.2, 0) is 9.59 Å². The first-order valence-corrected chi connectivity index (χ1v) is 10.8. The van der Waals surface area contributed by atoms with E-state index in [-0.39, 0.29) is 5.91 Å².